The molecule has 1 aliphatic rings. The van der Waals surface area contributed by atoms with E-state index in [4.69, 9.17) is 4.42 Å². The Bertz CT molecular complexity index is 877. The minimum Gasteiger partial charge on any atom is -0.462 e. The minimum atomic E-state index is -4.44. The molecule has 1 aromatic carbocycles. The third-order valence-electron chi connectivity index (χ3n) is 4.49. The predicted molar refractivity (Wildman–Crippen MR) is 96.4 cm³/mol. The van der Waals surface area contributed by atoms with Crippen LogP contribution < -0.4 is 0 Å². The summed E-state index contributed by atoms with van der Waals surface area (Å²) in [5.41, 5.74) is -0.598. The van der Waals surface area contributed by atoms with Gasteiger partial charge in [0.2, 0.25) is 5.91 Å². The first-order valence-corrected chi connectivity index (χ1v) is 8.74. The molecule has 0 N–H and O–H groups in total. The van der Waals surface area contributed by atoms with E-state index in [1.54, 1.807) is 23.1 Å². The number of carbonyl (C=O) groups excluding carboxylic acids is 2. The number of carbonyl (C=O) groups is 2. The summed E-state index contributed by atoms with van der Waals surface area (Å²) in [4.78, 5) is 27.9. The van der Waals surface area contributed by atoms with Crippen LogP contribution in [0.2, 0.25) is 0 Å². The molecule has 148 valence electrons. The van der Waals surface area contributed by atoms with Gasteiger partial charge in [0, 0.05) is 37.8 Å². The highest BCUT2D eigenvalue weighted by Gasteiger charge is 2.31. The number of halogens is 3. The van der Waals surface area contributed by atoms with E-state index in [2.05, 4.69) is 0 Å². The van der Waals surface area contributed by atoms with Crippen LogP contribution in [0, 0.1) is 6.92 Å². The second-order valence-electron chi connectivity index (χ2n) is 6.47. The third kappa shape index (κ3) is 4.62. The van der Waals surface area contributed by atoms with Crippen molar-refractivity contribution < 1.29 is 27.2 Å². The van der Waals surface area contributed by atoms with Gasteiger partial charge in [-0.15, -0.1) is 0 Å². The molecule has 0 atom stereocenters. The van der Waals surface area contributed by atoms with Gasteiger partial charge in [0.1, 0.15) is 11.5 Å². The van der Waals surface area contributed by atoms with Gasteiger partial charge in [-0.3, -0.25) is 9.59 Å². The number of amides is 2. The molecular weight excluding hydrogens is 373 g/mol. The average molecular weight is 392 g/mol. The van der Waals surface area contributed by atoms with E-state index in [1.165, 1.54) is 23.1 Å². The SMILES string of the molecule is Cc1ccc(/C=C/C(=O)N2CCN(C(=O)c3ccc(C(F)(F)F)cc3)CC2)o1. The van der Waals surface area contributed by atoms with Crippen LogP contribution in [0.3, 0.4) is 0 Å². The van der Waals surface area contributed by atoms with E-state index in [0.717, 1.165) is 17.9 Å². The van der Waals surface area contributed by atoms with Gasteiger partial charge in [0.05, 0.1) is 5.56 Å². The number of furan rings is 1. The Morgan fingerprint density at radius 1 is 0.964 bits per heavy atom. The van der Waals surface area contributed by atoms with Crippen molar-refractivity contribution in [2.24, 2.45) is 0 Å². The quantitative estimate of drug-likeness (QED) is 0.750. The lowest BCUT2D eigenvalue weighted by Gasteiger charge is -2.34. The van der Waals surface area contributed by atoms with Gasteiger partial charge in [0.15, 0.2) is 0 Å². The van der Waals surface area contributed by atoms with E-state index in [1.807, 2.05) is 6.92 Å². The van der Waals surface area contributed by atoms with Gasteiger partial charge in [-0.05, 0) is 49.4 Å². The number of piperazine rings is 1. The van der Waals surface area contributed by atoms with E-state index in [9.17, 15) is 22.8 Å². The Labute approximate surface area is 160 Å². The standard InChI is InChI=1S/C20H19F3N2O3/c1-14-2-7-17(28-14)8-9-18(26)24-10-12-25(13-11-24)19(27)15-3-5-16(6-4-15)20(21,22)23/h2-9H,10-13H2,1H3/b9-8+. The number of alkyl halides is 3. The topological polar surface area (TPSA) is 53.8 Å². The number of nitrogens with zero attached hydrogens (tertiary/aromatic N) is 2. The molecule has 1 aliphatic heterocycles. The fourth-order valence-electron chi connectivity index (χ4n) is 2.92. The van der Waals surface area contributed by atoms with Crippen LogP contribution in [0.15, 0.2) is 46.9 Å². The fourth-order valence-corrected chi connectivity index (χ4v) is 2.92. The van der Waals surface area contributed by atoms with E-state index in [0.29, 0.717) is 31.9 Å². The predicted octanol–water partition coefficient (Wildman–Crippen LogP) is 3.60. The van der Waals surface area contributed by atoms with Crippen LogP contribution in [-0.4, -0.2) is 47.8 Å². The zero-order chi connectivity index (χ0) is 20.3. The number of benzene rings is 1. The smallest absolute Gasteiger partial charge is 0.416 e. The summed E-state index contributed by atoms with van der Waals surface area (Å²) in [5, 5.41) is 0. The molecule has 1 fully saturated rings. The lowest BCUT2D eigenvalue weighted by molar-refractivity contribution is -0.137. The van der Waals surface area contributed by atoms with Crippen molar-refractivity contribution in [1.29, 1.82) is 0 Å². The molecule has 0 aliphatic carbocycles. The van der Waals surface area contributed by atoms with Gasteiger partial charge in [0.25, 0.3) is 5.91 Å². The Hall–Kier alpha value is -3.03. The molecule has 5 nitrogen and oxygen atoms in total. The van der Waals surface area contributed by atoms with Gasteiger partial charge in [-0.25, -0.2) is 0 Å². The van der Waals surface area contributed by atoms with E-state index < -0.39 is 11.7 Å². The third-order valence-corrected chi connectivity index (χ3v) is 4.49. The lowest BCUT2D eigenvalue weighted by Crippen LogP contribution is -2.50. The number of rotatable bonds is 3. The van der Waals surface area contributed by atoms with Crippen molar-refractivity contribution in [1.82, 2.24) is 9.80 Å². The molecular formula is C20H19F3N2O3. The summed E-state index contributed by atoms with van der Waals surface area (Å²) in [5.74, 6) is 0.808. The Kier molecular flexibility index (Phi) is 5.58. The largest absolute Gasteiger partial charge is 0.462 e. The summed E-state index contributed by atoms with van der Waals surface area (Å²) >= 11 is 0. The Morgan fingerprint density at radius 3 is 2.11 bits per heavy atom. The molecule has 0 radical (unpaired) electrons. The molecule has 2 amide bonds. The average Bonchev–Trinajstić information content (AvgIpc) is 3.10. The lowest BCUT2D eigenvalue weighted by atomic mass is 10.1. The first-order chi connectivity index (χ1) is 13.2. The number of hydrogen-bond donors (Lipinski definition) is 0. The van der Waals surface area contributed by atoms with Crippen LogP contribution in [0.5, 0.6) is 0 Å². The number of hydrogen-bond acceptors (Lipinski definition) is 3. The van der Waals surface area contributed by atoms with Crippen molar-refractivity contribution in [2.75, 3.05) is 26.2 Å². The zero-order valence-corrected chi connectivity index (χ0v) is 15.2. The molecule has 28 heavy (non-hydrogen) atoms. The van der Waals surface area contributed by atoms with Gasteiger partial charge in [-0.1, -0.05) is 0 Å². The van der Waals surface area contributed by atoms with E-state index >= 15 is 0 Å². The zero-order valence-electron chi connectivity index (χ0n) is 15.2. The van der Waals surface area contributed by atoms with Gasteiger partial charge < -0.3 is 14.2 Å². The van der Waals surface area contributed by atoms with Crippen molar-refractivity contribution in [2.45, 2.75) is 13.1 Å². The molecule has 0 bridgehead atoms. The summed E-state index contributed by atoms with van der Waals surface area (Å²) in [6, 6.07) is 7.71. The second kappa shape index (κ2) is 7.92. The molecule has 3 rings (SSSR count). The van der Waals surface area contributed by atoms with Crippen LogP contribution in [0.4, 0.5) is 13.2 Å². The summed E-state index contributed by atoms with van der Waals surface area (Å²) < 4.78 is 43.2. The normalized spacial score (nSPS) is 15.3. The van der Waals surface area contributed by atoms with Gasteiger partial charge >= 0.3 is 6.18 Å². The monoisotopic (exact) mass is 392 g/mol. The maximum Gasteiger partial charge on any atom is 0.416 e. The highest BCUT2D eigenvalue weighted by Crippen LogP contribution is 2.29. The summed E-state index contributed by atoms with van der Waals surface area (Å²) in [7, 11) is 0. The van der Waals surface area contributed by atoms with Crippen LogP contribution in [-0.2, 0) is 11.0 Å². The first-order valence-electron chi connectivity index (χ1n) is 8.74. The molecule has 0 saturated carbocycles. The molecule has 1 aromatic heterocycles. The Balaban J connectivity index is 1.55. The maximum atomic E-state index is 12.6. The second-order valence-corrected chi connectivity index (χ2v) is 6.47. The summed E-state index contributed by atoms with van der Waals surface area (Å²) in [6.07, 6.45) is -1.42. The molecule has 0 spiro atoms. The van der Waals surface area contributed by atoms with Crippen molar-refractivity contribution >= 4 is 17.9 Å². The van der Waals surface area contributed by atoms with Gasteiger partial charge in [-0.2, -0.15) is 13.2 Å². The Morgan fingerprint density at radius 2 is 1.57 bits per heavy atom. The molecule has 2 aromatic rings. The fraction of sp³-hybridized carbons (Fsp3) is 0.300. The van der Waals surface area contributed by atoms with Crippen molar-refractivity contribution in [3.8, 4) is 0 Å². The molecule has 8 heteroatoms. The first kappa shape index (κ1) is 19.7. The molecule has 0 unspecified atom stereocenters. The van der Waals surface area contributed by atoms with Crippen LogP contribution in [0.25, 0.3) is 6.08 Å². The van der Waals surface area contributed by atoms with Crippen molar-refractivity contribution in [3.05, 3.63) is 65.1 Å². The molecule has 2 heterocycles. The highest BCUT2D eigenvalue weighted by molar-refractivity contribution is 5.95. The highest BCUT2D eigenvalue weighted by atomic mass is 19.4. The van der Waals surface area contributed by atoms with E-state index in [-0.39, 0.29) is 17.4 Å². The molecule has 1 saturated heterocycles. The van der Waals surface area contributed by atoms with Crippen LogP contribution >= 0.6 is 0 Å². The van der Waals surface area contributed by atoms with Crippen molar-refractivity contribution in [3.63, 3.8) is 0 Å². The summed E-state index contributed by atoms with van der Waals surface area (Å²) in [6.45, 7) is 3.16. The maximum absolute atomic E-state index is 12.6. The number of aryl methyl sites for hydroxylation is 1. The minimum absolute atomic E-state index is 0.185. The van der Waals surface area contributed by atoms with Crippen LogP contribution in [0.1, 0.15) is 27.4 Å².